The van der Waals surface area contributed by atoms with E-state index in [4.69, 9.17) is 4.42 Å². The second kappa shape index (κ2) is 9.25. The van der Waals surface area contributed by atoms with Gasteiger partial charge in [0.15, 0.2) is 5.76 Å². The highest BCUT2D eigenvalue weighted by atomic mass is 16.3. The number of hydrogen-bond donors (Lipinski definition) is 0. The number of carbonyl (C=O) groups excluding carboxylic acids is 2. The zero-order valence-corrected chi connectivity index (χ0v) is 18.1. The lowest BCUT2D eigenvalue weighted by Gasteiger charge is -2.30. The highest BCUT2D eigenvalue weighted by molar-refractivity contribution is 5.94. The number of amides is 2. The van der Waals surface area contributed by atoms with Crippen molar-refractivity contribution >= 4 is 11.8 Å². The quantitative estimate of drug-likeness (QED) is 0.523. The molecule has 0 saturated heterocycles. The molecule has 1 aromatic carbocycles. The van der Waals surface area contributed by atoms with E-state index in [2.05, 4.69) is 22.8 Å². The zero-order valence-electron chi connectivity index (χ0n) is 18.1. The molecule has 0 aliphatic heterocycles. The molecular formula is C25H29N3O3. The maximum Gasteiger partial charge on any atom is 0.290 e. The molecule has 4 rings (SSSR count). The minimum absolute atomic E-state index is 0.0207. The summed E-state index contributed by atoms with van der Waals surface area (Å²) in [5.74, 6) is 0.0267. The second-order valence-electron chi connectivity index (χ2n) is 8.37. The molecule has 0 spiro atoms. The van der Waals surface area contributed by atoms with E-state index in [1.165, 1.54) is 11.8 Å². The first-order chi connectivity index (χ1) is 15.0. The monoisotopic (exact) mass is 419 g/mol. The Balaban J connectivity index is 1.47. The fraction of sp³-hybridized carbons (Fsp3) is 0.360. The maximum absolute atomic E-state index is 13.3. The van der Waals surface area contributed by atoms with Gasteiger partial charge in [-0.05, 0) is 56.5 Å². The van der Waals surface area contributed by atoms with Gasteiger partial charge in [-0.3, -0.25) is 9.59 Å². The Morgan fingerprint density at radius 1 is 1.06 bits per heavy atom. The molecule has 6 nitrogen and oxygen atoms in total. The predicted octanol–water partition coefficient (Wildman–Crippen LogP) is 4.17. The molecule has 31 heavy (non-hydrogen) atoms. The Hall–Kier alpha value is -3.28. The number of carbonyl (C=O) groups is 2. The summed E-state index contributed by atoms with van der Waals surface area (Å²) in [6, 6.07) is 17.8. The van der Waals surface area contributed by atoms with Crippen LogP contribution in [0.15, 0.2) is 71.5 Å². The molecule has 3 aromatic rings. The number of hydrogen-bond acceptors (Lipinski definition) is 3. The summed E-state index contributed by atoms with van der Waals surface area (Å²) in [7, 11) is 0. The van der Waals surface area contributed by atoms with Gasteiger partial charge in [-0.15, -0.1) is 0 Å². The van der Waals surface area contributed by atoms with Crippen molar-refractivity contribution in [1.82, 2.24) is 14.4 Å². The normalized spacial score (nSPS) is 13.4. The summed E-state index contributed by atoms with van der Waals surface area (Å²) in [5, 5.41) is 0. The van der Waals surface area contributed by atoms with Gasteiger partial charge in [-0.1, -0.05) is 30.3 Å². The van der Waals surface area contributed by atoms with Crippen molar-refractivity contribution in [2.24, 2.45) is 0 Å². The minimum Gasteiger partial charge on any atom is -0.459 e. The highest BCUT2D eigenvalue weighted by Crippen LogP contribution is 2.28. The third-order valence-electron chi connectivity index (χ3n) is 5.68. The highest BCUT2D eigenvalue weighted by Gasteiger charge is 2.36. The summed E-state index contributed by atoms with van der Waals surface area (Å²) in [6.45, 7) is 5.36. The van der Waals surface area contributed by atoms with Crippen molar-refractivity contribution < 1.29 is 14.0 Å². The van der Waals surface area contributed by atoms with Crippen LogP contribution in [-0.4, -0.2) is 44.8 Å². The average molecular weight is 420 g/mol. The van der Waals surface area contributed by atoms with E-state index < -0.39 is 0 Å². The van der Waals surface area contributed by atoms with Gasteiger partial charge in [0.25, 0.3) is 5.91 Å². The predicted molar refractivity (Wildman–Crippen MR) is 118 cm³/mol. The van der Waals surface area contributed by atoms with Crippen LogP contribution in [0.3, 0.4) is 0 Å². The lowest BCUT2D eigenvalue weighted by atomic mass is 10.2. The zero-order chi connectivity index (χ0) is 21.8. The van der Waals surface area contributed by atoms with Gasteiger partial charge in [0.1, 0.15) is 6.54 Å². The summed E-state index contributed by atoms with van der Waals surface area (Å²) in [5.41, 5.74) is 2.28. The van der Waals surface area contributed by atoms with E-state index in [9.17, 15) is 9.59 Å². The smallest absolute Gasteiger partial charge is 0.290 e. The Morgan fingerprint density at radius 2 is 1.84 bits per heavy atom. The van der Waals surface area contributed by atoms with Gasteiger partial charge in [-0.25, -0.2) is 0 Å². The molecule has 1 aliphatic rings. The van der Waals surface area contributed by atoms with Crippen molar-refractivity contribution in [3.05, 3.63) is 84.1 Å². The van der Waals surface area contributed by atoms with Crippen molar-refractivity contribution in [3.8, 4) is 0 Å². The van der Waals surface area contributed by atoms with Crippen molar-refractivity contribution in [2.45, 2.75) is 51.9 Å². The summed E-state index contributed by atoms with van der Waals surface area (Å²) in [6.07, 6.45) is 5.40. The average Bonchev–Trinajstić information content (AvgIpc) is 3.27. The number of nitrogens with zero attached hydrogens (tertiary/aromatic N) is 3. The summed E-state index contributed by atoms with van der Waals surface area (Å²) in [4.78, 5) is 29.7. The second-order valence-corrected chi connectivity index (χ2v) is 8.37. The standard InChI is InChI=1S/C25H29N3O3/c1-19(2)27(17-22-10-6-14-26(22)16-20-8-4-3-5-9-20)24(29)18-28(21-12-13-21)25(30)23-11-7-15-31-23/h3-11,14-15,19,21H,12-13,16-18H2,1-2H3. The number of rotatable bonds is 9. The molecule has 6 heteroatoms. The molecule has 1 fully saturated rings. The van der Waals surface area contributed by atoms with Crippen LogP contribution in [0.25, 0.3) is 0 Å². The van der Waals surface area contributed by atoms with Gasteiger partial charge in [0, 0.05) is 30.5 Å². The Labute approximate surface area is 183 Å². The largest absolute Gasteiger partial charge is 0.459 e. The van der Waals surface area contributed by atoms with Crippen molar-refractivity contribution in [2.75, 3.05) is 6.54 Å². The molecule has 0 bridgehead atoms. The van der Waals surface area contributed by atoms with Crippen LogP contribution in [-0.2, 0) is 17.9 Å². The first kappa shape index (κ1) is 21.0. The molecule has 2 aromatic heterocycles. The number of furan rings is 1. The molecule has 0 atom stereocenters. The van der Waals surface area contributed by atoms with Crippen LogP contribution >= 0.6 is 0 Å². The van der Waals surface area contributed by atoms with Crippen LogP contribution in [0.5, 0.6) is 0 Å². The molecule has 1 aliphatic carbocycles. The van der Waals surface area contributed by atoms with Crippen molar-refractivity contribution in [1.29, 1.82) is 0 Å². The fourth-order valence-corrected chi connectivity index (χ4v) is 3.79. The van der Waals surface area contributed by atoms with Gasteiger partial charge >= 0.3 is 0 Å². The molecule has 2 heterocycles. The van der Waals surface area contributed by atoms with E-state index in [0.717, 1.165) is 25.1 Å². The molecular weight excluding hydrogens is 390 g/mol. The fourth-order valence-electron chi connectivity index (χ4n) is 3.79. The van der Waals surface area contributed by atoms with Crippen LogP contribution < -0.4 is 0 Å². The SMILES string of the molecule is CC(C)N(Cc1cccn1Cc1ccccc1)C(=O)CN(C(=O)c1ccco1)C1CC1. The number of aromatic nitrogens is 1. The molecule has 0 N–H and O–H groups in total. The summed E-state index contributed by atoms with van der Waals surface area (Å²) < 4.78 is 7.45. The molecule has 1 saturated carbocycles. The van der Waals surface area contributed by atoms with Crippen LogP contribution in [0.1, 0.15) is 48.5 Å². The molecule has 0 radical (unpaired) electrons. The molecule has 2 amide bonds. The van der Waals surface area contributed by atoms with Crippen molar-refractivity contribution in [3.63, 3.8) is 0 Å². The first-order valence-corrected chi connectivity index (χ1v) is 10.8. The number of benzene rings is 1. The summed E-state index contributed by atoms with van der Waals surface area (Å²) >= 11 is 0. The van der Waals surface area contributed by atoms with Crippen LogP contribution in [0, 0.1) is 0 Å². The Bertz CT molecular complexity index is 1000. The van der Waals surface area contributed by atoms with Crippen LogP contribution in [0.2, 0.25) is 0 Å². The van der Waals surface area contributed by atoms with E-state index in [-0.39, 0.29) is 36.2 Å². The third-order valence-corrected chi connectivity index (χ3v) is 5.68. The van der Waals surface area contributed by atoms with Gasteiger partial charge in [-0.2, -0.15) is 0 Å². The Kier molecular flexibility index (Phi) is 6.26. The lowest BCUT2D eigenvalue weighted by molar-refractivity contribution is -0.134. The van der Waals surface area contributed by atoms with Gasteiger partial charge < -0.3 is 18.8 Å². The lowest BCUT2D eigenvalue weighted by Crippen LogP contribution is -2.46. The van der Waals surface area contributed by atoms with E-state index in [0.29, 0.717) is 6.54 Å². The minimum atomic E-state index is -0.211. The van der Waals surface area contributed by atoms with Gasteiger partial charge in [0.05, 0.1) is 12.8 Å². The van der Waals surface area contributed by atoms with E-state index >= 15 is 0 Å². The van der Waals surface area contributed by atoms with Crippen LogP contribution in [0.4, 0.5) is 0 Å². The maximum atomic E-state index is 13.3. The van der Waals surface area contributed by atoms with E-state index in [1.807, 2.05) is 49.2 Å². The van der Waals surface area contributed by atoms with Gasteiger partial charge in [0.2, 0.25) is 5.91 Å². The Morgan fingerprint density at radius 3 is 2.48 bits per heavy atom. The molecule has 162 valence electrons. The molecule has 0 unspecified atom stereocenters. The topological polar surface area (TPSA) is 58.7 Å². The van der Waals surface area contributed by atoms with E-state index in [1.54, 1.807) is 17.0 Å². The third kappa shape index (κ3) is 5.08. The first-order valence-electron chi connectivity index (χ1n) is 10.8.